The van der Waals surface area contributed by atoms with Crippen LogP contribution in [0.5, 0.6) is 0 Å². The van der Waals surface area contributed by atoms with Crippen LogP contribution in [0.2, 0.25) is 5.15 Å². The van der Waals surface area contributed by atoms with E-state index < -0.39 is 0 Å². The van der Waals surface area contributed by atoms with Crippen molar-refractivity contribution in [3.8, 4) is 0 Å². The number of nitrogens with one attached hydrogen (secondary N) is 1. The largest absolute Gasteiger partial charge is 0.469 e. The van der Waals surface area contributed by atoms with Crippen molar-refractivity contribution in [2.24, 2.45) is 0 Å². The first-order chi connectivity index (χ1) is 8.70. The van der Waals surface area contributed by atoms with Gasteiger partial charge in [0.05, 0.1) is 19.0 Å². The van der Waals surface area contributed by atoms with Crippen LogP contribution in [0.4, 0.5) is 5.82 Å². The van der Waals surface area contributed by atoms with Crippen molar-refractivity contribution in [3.63, 3.8) is 0 Å². The van der Waals surface area contributed by atoms with Gasteiger partial charge in [-0.3, -0.25) is 9.78 Å². The highest BCUT2D eigenvalue weighted by Crippen LogP contribution is 2.20. The minimum atomic E-state index is -0.292. The topological polar surface area (TPSA) is 77.0 Å². The summed E-state index contributed by atoms with van der Waals surface area (Å²) in [6.07, 6.45) is 3.40. The number of esters is 1. The molecule has 0 amide bonds. The number of anilines is 1. The Hall–Kier alpha value is -1.95. The Morgan fingerprint density at radius 3 is 3.00 bits per heavy atom. The number of aromatic nitrogens is 3. The number of hydrogen-bond acceptors (Lipinski definition) is 6. The first-order valence-corrected chi connectivity index (χ1v) is 5.66. The second-order valence-corrected chi connectivity index (χ2v) is 3.86. The van der Waals surface area contributed by atoms with Crippen LogP contribution in [-0.2, 0) is 9.53 Å². The molecule has 2 rings (SSSR count). The van der Waals surface area contributed by atoms with Crippen LogP contribution in [0, 0.1) is 0 Å². The van der Waals surface area contributed by atoms with Crippen molar-refractivity contribution in [1.29, 1.82) is 0 Å². The average Bonchev–Trinajstić information content (AvgIpc) is 2.38. The third-order valence-corrected chi connectivity index (χ3v) is 2.47. The summed E-state index contributed by atoms with van der Waals surface area (Å²) in [5, 5.41) is 3.32. The minimum Gasteiger partial charge on any atom is -0.469 e. The normalized spacial score (nSPS) is 10.3. The SMILES string of the molecule is COC(=O)CCNc1nc(Cl)cc2nccnc12. The van der Waals surface area contributed by atoms with Gasteiger partial charge in [-0.15, -0.1) is 0 Å². The van der Waals surface area contributed by atoms with Crippen LogP contribution < -0.4 is 5.32 Å². The average molecular weight is 267 g/mol. The quantitative estimate of drug-likeness (QED) is 0.670. The van der Waals surface area contributed by atoms with E-state index in [9.17, 15) is 4.79 Å². The summed E-state index contributed by atoms with van der Waals surface area (Å²) in [4.78, 5) is 23.4. The molecule has 0 aromatic carbocycles. The Morgan fingerprint density at radius 1 is 1.44 bits per heavy atom. The van der Waals surface area contributed by atoms with E-state index in [1.54, 1.807) is 18.5 Å². The predicted molar refractivity (Wildman–Crippen MR) is 67.5 cm³/mol. The van der Waals surface area contributed by atoms with Crippen molar-refractivity contribution in [2.45, 2.75) is 6.42 Å². The van der Waals surface area contributed by atoms with Gasteiger partial charge in [-0.1, -0.05) is 11.6 Å². The molecule has 2 aromatic rings. The van der Waals surface area contributed by atoms with Gasteiger partial charge in [-0.2, -0.15) is 0 Å². The zero-order valence-electron chi connectivity index (χ0n) is 9.68. The number of hydrogen-bond donors (Lipinski definition) is 1. The number of ether oxygens (including phenoxy) is 1. The molecule has 2 heterocycles. The molecule has 0 saturated carbocycles. The van der Waals surface area contributed by atoms with Gasteiger partial charge < -0.3 is 10.1 Å². The molecule has 6 nitrogen and oxygen atoms in total. The van der Waals surface area contributed by atoms with Crippen molar-refractivity contribution >= 4 is 34.4 Å². The fourth-order valence-electron chi connectivity index (χ4n) is 1.45. The predicted octanol–water partition coefficient (Wildman–Crippen LogP) is 1.65. The number of carbonyl (C=O) groups is 1. The van der Waals surface area contributed by atoms with Gasteiger partial charge in [0.15, 0.2) is 5.82 Å². The second kappa shape index (κ2) is 5.59. The molecule has 0 aliphatic rings. The molecule has 0 aliphatic carbocycles. The molecular weight excluding hydrogens is 256 g/mol. The molecule has 7 heteroatoms. The lowest BCUT2D eigenvalue weighted by molar-refractivity contribution is -0.140. The van der Waals surface area contributed by atoms with Gasteiger partial charge in [-0.25, -0.2) is 9.97 Å². The summed E-state index contributed by atoms with van der Waals surface area (Å²) in [6, 6.07) is 1.63. The van der Waals surface area contributed by atoms with E-state index in [2.05, 4.69) is 25.0 Å². The number of fused-ring (bicyclic) bond motifs is 1. The zero-order chi connectivity index (χ0) is 13.0. The molecule has 0 fully saturated rings. The van der Waals surface area contributed by atoms with Crippen molar-refractivity contribution in [3.05, 3.63) is 23.6 Å². The van der Waals surface area contributed by atoms with Gasteiger partial charge in [0.1, 0.15) is 10.7 Å². The molecule has 0 unspecified atom stereocenters. The number of rotatable bonds is 4. The zero-order valence-corrected chi connectivity index (χ0v) is 10.4. The smallest absolute Gasteiger partial charge is 0.307 e. The van der Waals surface area contributed by atoms with Gasteiger partial charge in [0.25, 0.3) is 0 Å². The van der Waals surface area contributed by atoms with Crippen LogP contribution in [0.25, 0.3) is 11.0 Å². The standard InChI is InChI=1S/C11H11ClN4O2/c1-18-9(17)2-3-15-11-10-7(6-8(12)16-11)13-4-5-14-10/h4-6H,2-3H2,1H3,(H,15,16). The van der Waals surface area contributed by atoms with Gasteiger partial charge >= 0.3 is 5.97 Å². The number of pyridine rings is 1. The Kier molecular flexibility index (Phi) is 3.88. The van der Waals surface area contributed by atoms with E-state index in [0.29, 0.717) is 28.5 Å². The number of carbonyl (C=O) groups excluding carboxylic acids is 1. The lowest BCUT2D eigenvalue weighted by atomic mass is 10.3. The molecule has 0 atom stereocenters. The van der Waals surface area contributed by atoms with Crippen LogP contribution in [0.1, 0.15) is 6.42 Å². The molecule has 1 N–H and O–H groups in total. The Balaban J connectivity index is 2.19. The Bertz CT molecular complexity index is 576. The molecule has 18 heavy (non-hydrogen) atoms. The third-order valence-electron chi connectivity index (χ3n) is 2.27. The minimum absolute atomic E-state index is 0.243. The fourth-order valence-corrected chi connectivity index (χ4v) is 1.64. The third kappa shape index (κ3) is 2.84. The van der Waals surface area contributed by atoms with Gasteiger partial charge in [0.2, 0.25) is 0 Å². The molecule has 2 aromatic heterocycles. The van der Waals surface area contributed by atoms with Crippen LogP contribution in [-0.4, -0.2) is 34.6 Å². The van der Waals surface area contributed by atoms with Crippen molar-refractivity contribution in [2.75, 3.05) is 19.0 Å². The van der Waals surface area contributed by atoms with Crippen LogP contribution >= 0.6 is 11.6 Å². The molecule has 94 valence electrons. The van der Waals surface area contributed by atoms with E-state index in [-0.39, 0.29) is 12.4 Å². The highest BCUT2D eigenvalue weighted by Gasteiger charge is 2.07. The monoisotopic (exact) mass is 266 g/mol. The van der Waals surface area contributed by atoms with E-state index in [4.69, 9.17) is 11.6 Å². The molecule has 0 radical (unpaired) electrons. The highest BCUT2D eigenvalue weighted by molar-refractivity contribution is 6.30. The molecule has 0 spiro atoms. The van der Waals surface area contributed by atoms with Gasteiger partial charge in [-0.05, 0) is 0 Å². The van der Waals surface area contributed by atoms with Gasteiger partial charge in [0, 0.05) is 25.0 Å². The van der Waals surface area contributed by atoms with Crippen LogP contribution in [0.3, 0.4) is 0 Å². The summed E-state index contributed by atoms with van der Waals surface area (Å²) >= 11 is 5.88. The lowest BCUT2D eigenvalue weighted by Gasteiger charge is -2.07. The summed E-state index contributed by atoms with van der Waals surface area (Å²) < 4.78 is 4.55. The maximum Gasteiger partial charge on any atom is 0.307 e. The summed E-state index contributed by atoms with van der Waals surface area (Å²) in [5.74, 6) is 0.217. The summed E-state index contributed by atoms with van der Waals surface area (Å²) in [7, 11) is 1.35. The Morgan fingerprint density at radius 2 is 2.22 bits per heavy atom. The van der Waals surface area contributed by atoms with Crippen molar-refractivity contribution < 1.29 is 9.53 Å². The number of methoxy groups -OCH3 is 1. The molecule has 0 aliphatic heterocycles. The fraction of sp³-hybridized carbons (Fsp3) is 0.273. The number of halogens is 1. The molecule has 0 bridgehead atoms. The maximum absolute atomic E-state index is 11.0. The van der Waals surface area contributed by atoms with E-state index in [0.717, 1.165) is 0 Å². The maximum atomic E-state index is 11.0. The summed E-state index contributed by atoms with van der Waals surface area (Å²) in [5.41, 5.74) is 1.27. The number of nitrogens with zero attached hydrogens (tertiary/aromatic N) is 3. The van der Waals surface area contributed by atoms with E-state index in [1.165, 1.54) is 7.11 Å². The van der Waals surface area contributed by atoms with Crippen LogP contribution in [0.15, 0.2) is 18.5 Å². The van der Waals surface area contributed by atoms with E-state index in [1.807, 2.05) is 0 Å². The first kappa shape index (κ1) is 12.5. The second-order valence-electron chi connectivity index (χ2n) is 3.47. The molecule has 0 saturated heterocycles. The highest BCUT2D eigenvalue weighted by atomic mass is 35.5. The summed E-state index contributed by atoms with van der Waals surface area (Å²) in [6.45, 7) is 0.395. The molecular formula is C11H11ClN4O2. The lowest BCUT2D eigenvalue weighted by Crippen LogP contribution is -2.11. The van der Waals surface area contributed by atoms with E-state index >= 15 is 0 Å². The van der Waals surface area contributed by atoms with Crippen molar-refractivity contribution in [1.82, 2.24) is 15.0 Å². The Labute approximate surface area is 108 Å². The first-order valence-electron chi connectivity index (χ1n) is 5.28.